The highest BCUT2D eigenvalue weighted by atomic mass is 16.6. The lowest BCUT2D eigenvalue weighted by Crippen LogP contribution is -2.32. The standard InChI is InChI=1S/C16H18O6/c1-4-13(22-14(17)5-2)10(3)21-16(20)12-9-7-6-8-11(12)15(18)19/h5-10,13H,2,4H2,1,3H3,(H,18,19). The smallest absolute Gasteiger partial charge is 0.339 e. The number of rotatable bonds is 7. The van der Waals surface area contributed by atoms with Gasteiger partial charge in [-0.25, -0.2) is 14.4 Å². The summed E-state index contributed by atoms with van der Waals surface area (Å²) in [6.45, 7) is 6.65. The van der Waals surface area contributed by atoms with Crippen LogP contribution in [0.5, 0.6) is 0 Å². The number of aromatic carboxylic acids is 1. The van der Waals surface area contributed by atoms with Crippen molar-refractivity contribution in [3.05, 3.63) is 48.0 Å². The Hall–Kier alpha value is -2.63. The minimum atomic E-state index is -1.22. The highest BCUT2D eigenvalue weighted by Gasteiger charge is 2.25. The second-order valence-corrected chi connectivity index (χ2v) is 4.55. The van der Waals surface area contributed by atoms with Gasteiger partial charge in [-0.1, -0.05) is 25.6 Å². The van der Waals surface area contributed by atoms with Gasteiger partial charge in [-0.3, -0.25) is 0 Å². The van der Waals surface area contributed by atoms with Crippen molar-refractivity contribution in [3.8, 4) is 0 Å². The first-order valence-electron chi connectivity index (χ1n) is 6.77. The van der Waals surface area contributed by atoms with Crippen molar-refractivity contribution < 1.29 is 29.0 Å². The van der Waals surface area contributed by atoms with Crippen molar-refractivity contribution in [1.82, 2.24) is 0 Å². The van der Waals surface area contributed by atoms with Crippen LogP contribution in [-0.2, 0) is 14.3 Å². The number of carbonyl (C=O) groups is 3. The Morgan fingerprint density at radius 1 is 1.23 bits per heavy atom. The van der Waals surface area contributed by atoms with Gasteiger partial charge >= 0.3 is 17.9 Å². The Morgan fingerprint density at radius 3 is 2.32 bits per heavy atom. The van der Waals surface area contributed by atoms with Gasteiger partial charge in [-0.15, -0.1) is 0 Å². The molecule has 0 radical (unpaired) electrons. The Balaban J connectivity index is 2.85. The summed E-state index contributed by atoms with van der Waals surface area (Å²) in [5.41, 5.74) is -0.192. The predicted molar refractivity (Wildman–Crippen MR) is 78.6 cm³/mol. The molecule has 118 valence electrons. The van der Waals surface area contributed by atoms with E-state index in [0.717, 1.165) is 6.08 Å². The van der Waals surface area contributed by atoms with Crippen LogP contribution in [0.25, 0.3) is 0 Å². The van der Waals surface area contributed by atoms with Crippen LogP contribution in [0.2, 0.25) is 0 Å². The molecule has 0 amide bonds. The lowest BCUT2D eigenvalue weighted by atomic mass is 10.1. The molecule has 0 spiro atoms. The van der Waals surface area contributed by atoms with Crippen LogP contribution < -0.4 is 0 Å². The van der Waals surface area contributed by atoms with Gasteiger partial charge in [0.15, 0.2) is 0 Å². The van der Waals surface area contributed by atoms with Crippen LogP contribution >= 0.6 is 0 Å². The molecule has 0 saturated heterocycles. The van der Waals surface area contributed by atoms with Crippen LogP contribution in [0.4, 0.5) is 0 Å². The molecule has 1 aromatic rings. The molecule has 1 rings (SSSR count). The molecular weight excluding hydrogens is 288 g/mol. The third-order valence-electron chi connectivity index (χ3n) is 3.03. The summed E-state index contributed by atoms with van der Waals surface area (Å²) in [5, 5.41) is 9.07. The highest BCUT2D eigenvalue weighted by molar-refractivity contribution is 6.02. The molecule has 1 N–H and O–H groups in total. The summed E-state index contributed by atoms with van der Waals surface area (Å²) < 4.78 is 10.3. The van der Waals surface area contributed by atoms with Crippen molar-refractivity contribution in [2.45, 2.75) is 32.5 Å². The van der Waals surface area contributed by atoms with Gasteiger partial charge in [0.2, 0.25) is 0 Å². The fourth-order valence-corrected chi connectivity index (χ4v) is 1.86. The molecule has 0 bridgehead atoms. The van der Waals surface area contributed by atoms with Gasteiger partial charge in [0.25, 0.3) is 0 Å². The fraction of sp³-hybridized carbons (Fsp3) is 0.312. The molecule has 22 heavy (non-hydrogen) atoms. The SMILES string of the molecule is C=CC(=O)OC(CC)C(C)OC(=O)c1ccccc1C(=O)O. The lowest BCUT2D eigenvalue weighted by molar-refractivity contribution is -0.148. The maximum atomic E-state index is 12.1. The van der Waals surface area contributed by atoms with Crippen LogP contribution in [-0.4, -0.2) is 35.2 Å². The number of ether oxygens (including phenoxy) is 2. The van der Waals surface area contributed by atoms with E-state index in [1.807, 2.05) is 0 Å². The normalized spacial score (nSPS) is 12.8. The fourth-order valence-electron chi connectivity index (χ4n) is 1.86. The number of carboxylic acids is 1. The van der Waals surface area contributed by atoms with E-state index in [1.165, 1.54) is 18.2 Å². The van der Waals surface area contributed by atoms with Crippen molar-refractivity contribution in [2.75, 3.05) is 0 Å². The van der Waals surface area contributed by atoms with E-state index < -0.39 is 30.1 Å². The molecule has 2 atom stereocenters. The largest absolute Gasteiger partial charge is 0.478 e. The summed E-state index contributed by atoms with van der Waals surface area (Å²) >= 11 is 0. The summed E-state index contributed by atoms with van der Waals surface area (Å²) in [6.07, 6.45) is 0.112. The summed E-state index contributed by atoms with van der Waals surface area (Å²) in [4.78, 5) is 34.4. The van der Waals surface area contributed by atoms with E-state index in [2.05, 4.69) is 6.58 Å². The van der Waals surface area contributed by atoms with Gasteiger partial charge in [0, 0.05) is 6.08 Å². The number of carboxylic acid groups (broad SMARTS) is 1. The first-order valence-corrected chi connectivity index (χ1v) is 6.77. The topological polar surface area (TPSA) is 89.9 Å². The Morgan fingerprint density at radius 2 is 1.82 bits per heavy atom. The third-order valence-corrected chi connectivity index (χ3v) is 3.03. The molecule has 0 aliphatic carbocycles. The van der Waals surface area contributed by atoms with Gasteiger partial charge < -0.3 is 14.6 Å². The molecular formula is C16H18O6. The van der Waals surface area contributed by atoms with Crippen LogP contribution in [0.1, 0.15) is 41.0 Å². The van der Waals surface area contributed by atoms with E-state index >= 15 is 0 Å². The Kier molecular flexibility index (Phi) is 6.31. The van der Waals surface area contributed by atoms with E-state index in [4.69, 9.17) is 14.6 Å². The highest BCUT2D eigenvalue weighted by Crippen LogP contribution is 2.15. The second kappa shape index (κ2) is 7.97. The van der Waals surface area contributed by atoms with Gasteiger partial charge in [-0.05, 0) is 25.5 Å². The van der Waals surface area contributed by atoms with Crippen molar-refractivity contribution in [3.63, 3.8) is 0 Å². The quantitative estimate of drug-likeness (QED) is 0.614. The first-order chi connectivity index (χ1) is 10.4. The summed E-state index contributed by atoms with van der Waals surface area (Å²) in [5.74, 6) is -2.61. The second-order valence-electron chi connectivity index (χ2n) is 4.55. The van der Waals surface area contributed by atoms with E-state index in [1.54, 1.807) is 19.9 Å². The zero-order valence-electron chi connectivity index (χ0n) is 12.4. The lowest BCUT2D eigenvalue weighted by Gasteiger charge is -2.22. The van der Waals surface area contributed by atoms with E-state index in [-0.39, 0.29) is 11.1 Å². The average Bonchev–Trinajstić information content (AvgIpc) is 2.51. The molecule has 0 fully saturated rings. The minimum Gasteiger partial charge on any atom is -0.478 e. The maximum absolute atomic E-state index is 12.1. The number of esters is 2. The number of hydrogen-bond acceptors (Lipinski definition) is 5. The van der Waals surface area contributed by atoms with Gasteiger partial charge in [0.05, 0.1) is 11.1 Å². The van der Waals surface area contributed by atoms with E-state index in [0.29, 0.717) is 6.42 Å². The monoisotopic (exact) mass is 306 g/mol. The van der Waals surface area contributed by atoms with Crippen molar-refractivity contribution >= 4 is 17.9 Å². The Bertz CT molecular complexity index is 578. The number of benzene rings is 1. The van der Waals surface area contributed by atoms with Crippen LogP contribution in [0.15, 0.2) is 36.9 Å². The zero-order chi connectivity index (χ0) is 16.7. The molecule has 0 aliphatic rings. The molecule has 0 aliphatic heterocycles. The third kappa shape index (κ3) is 4.44. The summed E-state index contributed by atoms with van der Waals surface area (Å²) in [6, 6.07) is 5.75. The molecule has 6 heteroatoms. The Labute approximate surface area is 128 Å². The van der Waals surface area contributed by atoms with Gasteiger partial charge in [-0.2, -0.15) is 0 Å². The summed E-state index contributed by atoms with van der Waals surface area (Å²) in [7, 11) is 0. The molecule has 6 nitrogen and oxygen atoms in total. The maximum Gasteiger partial charge on any atom is 0.339 e. The molecule has 0 aromatic heterocycles. The van der Waals surface area contributed by atoms with Crippen molar-refractivity contribution in [1.29, 1.82) is 0 Å². The van der Waals surface area contributed by atoms with Gasteiger partial charge in [0.1, 0.15) is 12.2 Å². The van der Waals surface area contributed by atoms with Crippen LogP contribution in [0.3, 0.4) is 0 Å². The van der Waals surface area contributed by atoms with Crippen LogP contribution in [0, 0.1) is 0 Å². The molecule has 0 heterocycles. The zero-order valence-corrected chi connectivity index (χ0v) is 12.4. The molecule has 2 unspecified atom stereocenters. The average molecular weight is 306 g/mol. The number of hydrogen-bond donors (Lipinski definition) is 1. The first kappa shape index (κ1) is 17.4. The predicted octanol–water partition coefficient (Wildman–Crippen LogP) is 2.44. The minimum absolute atomic E-state index is 0.0493. The molecule has 0 saturated carbocycles. The molecule has 1 aromatic carbocycles. The van der Waals surface area contributed by atoms with Crippen molar-refractivity contribution in [2.24, 2.45) is 0 Å². The number of carbonyl (C=O) groups excluding carboxylic acids is 2. The van der Waals surface area contributed by atoms with E-state index in [9.17, 15) is 14.4 Å².